The molecule has 128 valence electrons. The van der Waals surface area contributed by atoms with Crippen molar-refractivity contribution in [2.24, 2.45) is 5.92 Å². The Morgan fingerprint density at radius 3 is 2.65 bits per heavy atom. The van der Waals surface area contributed by atoms with E-state index in [1.165, 1.54) is 12.8 Å². The summed E-state index contributed by atoms with van der Waals surface area (Å²) in [6.07, 6.45) is 5.90. The van der Waals surface area contributed by atoms with Crippen molar-refractivity contribution in [3.05, 3.63) is 23.9 Å². The topological polar surface area (TPSA) is 57.3 Å². The van der Waals surface area contributed by atoms with Gasteiger partial charge in [-0.3, -0.25) is 4.79 Å². The second-order valence-corrected chi connectivity index (χ2v) is 6.21. The van der Waals surface area contributed by atoms with Crippen LogP contribution in [0.4, 0.5) is 5.82 Å². The second kappa shape index (κ2) is 9.50. The summed E-state index contributed by atoms with van der Waals surface area (Å²) < 4.78 is 0. The molecule has 0 aromatic carbocycles. The SMILES string of the molecule is CCN(CC)c1ccc(CNC(=O)CCC2CCNCC2)cn1. The summed E-state index contributed by atoms with van der Waals surface area (Å²) in [5.74, 6) is 1.85. The third-order valence-electron chi connectivity index (χ3n) is 4.62. The Morgan fingerprint density at radius 1 is 1.30 bits per heavy atom. The summed E-state index contributed by atoms with van der Waals surface area (Å²) >= 11 is 0. The molecular formula is C18H30N4O. The summed E-state index contributed by atoms with van der Waals surface area (Å²) in [5, 5.41) is 6.37. The number of carbonyl (C=O) groups excluding carboxylic acids is 1. The molecule has 5 heteroatoms. The van der Waals surface area contributed by atoms with Crippen LogP contribution >= 0.6 is 0 Å². The number of amides is 1. The lowest BCUT2D eigenvalue weighted by Crippen LogP contribution is -2.29. The van der Waals surface area contributed by atoms with Crippen LogP contribution in [0.15, 0.2) is 18.3 Å². The van der Waals surface area contributed by atoms with E-state index < -0.39 is 0 Å². The van der Waals surface area contributed by atoms with Crippen molar-refractivity contribution in [1.29, 1.82) is 0 Å². The first-order valence-corrected chi connectivity index (χ1v) is 8.90. The maximum Gasteiger partial charge on any atom is 0.220 e. The molecule has 1 aliphatic heterocycles. The molecule has 1 saturated heterocycles. The third kappa shape index (κ3) is 5.82. The van der Waals surface area contributed by atoms with Gasteiger partial charge in [-0.2, -0.15) is 0 Å². The number of hydrogen-bond donors (Lipinski definition) is 2. The largest absolute Gasteiger partial charge is 0.357 e. The van der Waals surface area contributed by atoms with E-state index in [1.54, 1.807) is 0 Å². The zero-order valence-electron chi connectivity index (χ0n) is 14.5. The molecule has 2 N–H and O–H groups in total. The number of hydrogen-bond acceptors (Lipinski definition) is 4. The Balaban J connectivity index is 1.71. The molecular weight excluding hydrogens is 288 g/mol. The number of rotatable bonds is 8. The molecule has 0 aliphatic carbocycles. The summed E-state index contributed by atoms with van der Waals surface area (Å²) in [4.78, 5) is 18.7. The van der Waals surface area contributed by atoms with Gasteiger partial charge in [0, 0.05) is 32.3 Å². The Bertz CT molecular complexity index is 464. The van der Waals surface area contributed by atoms with Gasteiger partial charge in [0.05, 0.1) is 0 Å². The van der Waals surface area contributed by atoms with Crippen molar-refractivity contribution in [2.45, 2.75) is 46.1 Å². The highest BCUT2D eigenvalue weighted by Crippen LogP contribution is 2.17. The summed E-state index contributed by atoms with van der Waals surface area (Å²) in [7, 11) is 0. The molecule has 0 radical (unpaired) electrons. The fourth-order valence-corrected chi connectivity index (χ4v) is 3.05. The van der Waals surface area contributed by atoms with Crippen LogP contribution in [-0.4, -0.2) is 37.1 Å². The Hall–Kier alpha value is -1.62. The fourth-order valence-electron chi connectivity index (χ4n) is 3.05. The van der Waals surface area contributed by atoms with Gasteiger partial charge in [0.15, 0.2) is 0 Å². The van der Waals surface area contributed by atoms with Crippen LogP contribution in [0.25, 0.3) is 0 Å². The zero-order chi connectivity index (χ0) is 16.5. The molecule has 2 heterocycles. The highest BCUT2D eigenvalue weighted by Gasteiger charge is 2.14. The molecule has 23 heavy (non-hydrogen) atoms. The summed E-state index contributed by atoms with van der Waals surface area (Å²) in [6, 6.07) is 4.08. The minimum atomic E-state index is 0.149. The molecule has 0 unspecified atom stereocenters. The lowest BCUT2D eigenvalue weighted by atomic mass is 9.93. The fraction of sp³-hybridized carbons (Fsp3) is 0.667. The zero-order valence-corrected chi connectivity index (χ0v) is 14.5. The Morgan fingerprint density at radius 2 is 2.04 bits per heavy atom. The molecule has 1 fully saturated rings. The van der Waals surface area contributed by atoms with Crippen molar-refractivity contribution in [3.8, 4) is 0 Å². The molecule has 5 nitrogen and oxygen atoms in total. The van der Waals surface area contributed by atoms with Gasteiger partial charge in [-0.25, -0.2) is 4.98 Å². The lowest BCUT2D eigenvalue weighted by molar-refractivity contribution is -0.121. The van der Waals surface area contributed by atoms with Crippen molar-refractivity contribution in [2.75, 3.05) is 31.1 Å². The van der Waals surface area contributed by atoms with E-state index in [4.69, 9.17) is 0 Å². The van der Waals surface area contributed by atoms with E-state index in [-0.39, 0.29) is 5.91 Å². The van der Waals surface area contributed by atoms with Crippen LogP contribution in [0.3, 0.4) is 0 Å². The standard InChI is InChI=1S/C18H30N4O/c1-3-22(4-2)17-7-5-16(13-20-17)14-21-18(23)8-6-15-9-11-19-12-10-15/h5,7,13,15,19H,3-4,6,8-12,14H2,1-2H3,(H,21,23). The minimum absolute atomic E-state index is 0.149. The maximum atomic E-state index is 12.0. The molecule has 0 bridgehead atoms. The number of anilines is 1. The first-order chi connectivity index (χ1) is 11.2. The van der Waals surface area contributed by atoms with E-state index in [1.807, 2.05) is 18.3 Å². The molecule has 0 atom stereocenters. The molecule has 1 aromatic heterocycles. The predicted octanol–water partition coefficient (Wildman–Crippen LogP) is 2.32. The molecule has 1 amide bonds. The van der Waals surface area contributed by atoms with E-state index in [0.29, 0.717) is 18.9 Å². The summed E-state index contributed by atoms with van der Waals surface area (Å²) in [6.45, 7) is 8.92. The molecule has 0 saturated carbocycles. The average molecular weight is 318 g/mol. The van der Waals surface area contributed by atoms with E-state index in [2.05, 4.69) is 34.4 Å². The molecule has 0 spiro atoms. The predicted molar refractivity (Wildman–Crippen MR) is 94.5 cm³/mol. The first-order valence-electron chi connectivity index (χ1n) is 8.90. The number of aromatic nitrogens is 1. The number of nitrogens with one attached hydrogen (secondary N) is 2. The van der Waals surface area contributed by atoms with Gasteiger partial charge in [0.25, 0.3) is 0 Å². The van der Waals surface area contributed by atoms with Crippen LogP contribution in [0, 0.1) is 5.92 Å². The van der Waals surface area contributed by atoms with Crippen molar-refractivity contribution < 1.29 is 4.79 Å². The second-order valence-electron chi connectivity index (χ2n) is 6.21. The van der Waals surface area contributed by atoms with Gasteiger partial charge < -0.3 is 15.5 Å². The molecule has 1 aliphatic rings. The van der Waals surface area contributed by atoms with Gasteiger partial charge in [0.1, 0.15) is 5.82 Å². The maximum absolute atomic E-state index is 12.0. The highest BCUT2D eigenvalue weighted by atomic mass is 16.1. The monoisotopic (exact) mass is 318 g/mol. The van der Waals surface area contributed by atoms with E-state index in [0.717, 1.165) is 44.0 Å². The van der Waals surface area contributed by atoms with Gasteiger partial charge in [-0.15, -0.1) is 0 Å². The molecule has 1 aromatic rings. The number of carbonyl (C=O) groups is 1. The van der Waals surface area contributed by atoms with Crippen LogP contribution in [-0.2, 0) is 11.3 Å². The smallest absolute Gasteiger partial charge is 0.220 e. The highest BCUT2D eigenvalue weighted by molar-refractivity contribution is 5.75. The van der Waals surface area contributed by atoms with Crippen LogP contribution in [0.2, 0.25) is 0 Å². The Labute approximate surface area is 139 Å². The van der Waals surface area contributed by atoms with E-state index >= 15 is 0 Å². The molecule has 2 rings (SSSR count). The minimum Gasteiger partial charge on any atom is -0.357 e. The third-order valence-corrected chi connectivity index (χ3v) is 4.62. The van der Waals surface area contributed by atoms with Crippen molar-refractivity contribution in [3.63, 3.8) is 0 Å². The van der Waals surface area contributed by atoms with Gasteiger partial charge in [-0.05, 0) is 63.7 Å². The average Bonchev–Trinajstić information content (AvgIpc) is 2.61. The Kier molecular flexibility index (Phi) is 7.33. The van der Waals surface area contributed by atoms with Gasteiger partial charge in [0.2, 0.25) is 5.91 Å². The van der Waals surface area contributed by atoms with Crippen LogP contribution in [0.1, 0.15) is 45.1 Å². The number of piperidine rings is 1. The van der Waals surface area contributed by atoms with Crippen LogP contribution in [0.5, 0.6) is 0 Å². The lowest BCUT2D eigenvalue weighted by Gasteiger charge is -2.22. The van der Waals surface area contributed by atoms with Gasteiger partial charge >= 0.3 is 0 Å². The number of pyridine rings is 1. The first kappa shape index (κ1) is 17.7. The van der Waals surface area contributed by atoms with Crippen molar-refractivity contribution >= 4 is 11.7 Å². The number of nitrogens with zero attached hydrogens (tertiary/aromatic N) is 2. The van der Waals surface area contributed by atoms with Crippen molar-refractivity contribution in [1.82, 2.24) is 15.6 Å². The summed E-state index contributed by atoms with van der Waals surface area (Å²) in [5.41, 5.74) is 1.05. The van der Waals surface area contributed by atoms with E-state index in [9.17, 15) is 4.79 Å². The normalized spacial score (nSPS) is 15.4. The van der Waals surface area contributed by atoms with Gasteiger partial charge in [-0.1, -0.05) is 6.07 Å². The quantitative estimate of drug-likeness (QED) is 0.772. The van der Waals surface area contributed by atoms with Crippen LogP contribution < -0.4 is 15.5 Å².